The second-order valence-corrected chi connectivity index (χ2v) is 6.52. The molecule has 0 saturated carbocycles. The highest BCUT2D eigenvalue weighted by Crippen LogP contribution is 2.36. The molecule has 2 aliphatic heterocycles. The number of likely N-dealkylation sites (tertiary alicyclic amines) is 1. The monoisotopic (exact) mass is 341 g/mol. The van der Waals surface area contributed by atoms with Gasteiger partial charge in [-0.3, -0.25) is 4.79 Å². The highest BCUT2D eigenvalue weighted by Gasteiger charge is 2.26. The first-order chi connectivity index (χ1) is 12.3. The van der Waals surface area contributed by atoms with Crippen molar-refractivity contribution in [1.82, 2.24) is 15.2 Å². The van der Waals surface area contributed by atoms with E-state index in [1.165, 1.54) is 0 Å². The van der Waals surface area contributed by atoms with Crippen LogP contribution < -0.4 is 14.8 Å². The molecule has 6 nitrogen and oxygen atoms in total. The van der Waals surface area contributed by atoms with Crippen LogP contribution in [0.15, 0.2) is 30.6 Å². The third-order valence-corrected chi connectivity index (χ3v) is 4.95. The van der Waals surface area contributed by atoms with Crippen LogP contribution in [0.1, 0.15) is 23.2 Å². The Morgan fingerprint density at radius 3 is 2.92 bits per heavy atom. The Hall–Kier alpha value is -2.47. The lowest BCUT2D eigenvalue weighted by molar-refractivity contribution is 0.0699. The number of carbonyl (C=O) groups excluding carboxylic acids is 1. The summed E-state index contributed by atoms with van der Waals surface area (Å²) in [7, 11) is 1.95. The normalized spacial score (nSPS) is 19.7. The summed E-state index contributed by atoms with van der Waals surface area (Å²) in [4.78, 5) is 18.1. The third-order valence-electron chi connectivity index (χ3n) is 4.95. The molecule has 2 aliphatic rings. The van der Waals surface area contributed by atoms with E-state index in [4.69, 9.17) is 9.47 Å². The number of benzene rings is 1. The summed E-state index contributed by atoms with van der Waals surface area (Å²) in [6, 6.07) is 6.19. The van der Waals surface area contributed by atoms with E-state index in [2.05, 4.69) is 10.3 Å². The van der Waals surface area contributed by atoms with Crippen LogP contribution >= 0.6 is 0 Å². The van der Waals surface area contributed by atoms with Crippen molar-refractivity contribution in [3.8, 4) is 22.6 Å². The van der Waals surface area contributed by atoms with E-state index in [1.54, 1.807) is 6.20 Å². The molecular formula is C19H23N3O3. The molecule has 3 heterocycles. The fourth-order valence-corrected chi connectivity index (χ4v) is 3.56. The van der Waals surface area contributed by atoms with Gasteiger partial charge in [-0.2, -0.15) is 0 Å². The average molecular weight is 341 g/mol. The van der Waals surface area contributed by atoms with E-state index in [9.17, 15) is 4.79 Å². The van der Waals surface area contributed by atoms with Crippen molar-refractivity contribution in [1.29, 1.82) is 0 Å². The summed E-state index contributed by atoms with van der Waals surface area (Å²) < 4.78 is 11.2. The molecule has 0 spiro atoms. The van der Waals surface area contributed by atoms with Crippen LogP contribution in [0.5, 0.6) is 11.5 Å². The Morgan fingerprint density at radius 2 is 2.08 bits per heavy atom. The molecular weight excluding hydrogens is 318 g/mol. The van der Waals surface area contributed by atoms with E-state index in [0.29, 0.717) is 24.8 Å². The molecule has 0 radical (unpaired) electrons. The predicted molar refractivity (Wildman–Crippen MR) is 95.2 cm³/mol. The van der Waals surface area contributed by atoms with E-state index in [1.807, 2.05) is 36.3 Å². The number of amides is 1. The van der Waals surface area contributed by atoms with Gasteiger partial charge in [0.25, 0.3) is 5.91 Å². The molecule has 4 rings (SSSR count). The van der Waals surface area contributed by atoms with Crippen LogP contribution in [-0.2, 0) is 0 Å². The van der Waals surface area contributed by atoms with Crippen molar-refractivity contribution >= 4 is 5.91 Å². The summed E-state index contributed by atoms with van der Waals surface area (Å²) in [5, 5.41) is 3.28. The van der Waals surface area contributed by atoms with E-state index in [0.717, 1.165) is 48.6 Å². The SMILES string of the molecule is CNC1CCCN(C(=O)c2c[nH]cc2-c2ccc3c(c2)OCCO3)C1. The van der Waals surface area contributed by atoms with Crippen molar-refractivity contribution in [2.45, 2.75) is 18.9 Å². The number of ether oxygens (including phenoxy) is 2. The second kappa shape index (κ2) is 6.80. The van der Waals surface area contributed by atoms with Gasteiger partial charge in [-0.25, -0.2) is 0 Å². The molecule has 0 bridgehead atoms. The van der Waals surface area contributed by atoms with E-state index < -0.39 is 0 Å². The Bertz CT molecular complexity index is 771. The largest absolute Gasteiger partial charge is 0.486 e. The number of hydrogen-bond donors (Lipinski definition) is 2. The summed E-state index contributed by atoms with van der Waals surface area (Å²) in [5.41, 5.74) is 2.55. The maximum atomic E-state index is 13.0. The number of hydrogen-bond acceptors (Lipinski definition) is 4. The Morgan fingerprint density at radius 1 is 1.24 bits per heavy atom. The van der Waals surface area contributed by atoms with Crippen LogP contribution in [0.4, 0.5) is 0 Å². The molecule has 1 unspecified atom stereocenters. The summed E-state index contributed by atoms with van der Waals surface area (Å²) in [6.45, 7) is 2.68. The molecule has 1 saturated heterocycles. The van der Waals surface area contributed by atoms with Gasteiger partial charge in [0.1, 0.15) is 13.2 Å². The standard InChI is InChI=1S/C19H23N3O3/c1-20-14-3-2-6-22(12-14)19(23)16-11-21-10-15(16)13-4-5-17-18(9-13)25-8-7-24-17/h4-5,9-11,14,20-21H,2-3,6-8,12H2,1H3. The van der Waals surface area contributed by atoms with Gasteiger partial charge < -0.3 is 24.7 Å². The lowest BCUT2D eigenvalue weighted by atomic mass is 10.0. The number of nitrogens with one attached hydrogen (secondary N) is 2. The lowest BCUT2D eigenvalue weighted by Gasteiger charge is -2.32. The molecule has 1 atom stereocenters. The van der Waals surface area contributed by atoms with Gasteiger partial charge in [0.15, 0.2) is 11.5 Å². The number of H-pyrrole nitrogens is 1. The van der Waals surface area contributed by atoms with E-state index >= 15 is 0 Å². The topological polar surface area (TPSA) is 66.6 Å². The number of carbonyl (C=O) groups is 1. The quantitative estimate of drug-likeness (QED) is 0.899. The molecule has 1 aromatic heterocycles. The number of fused-ring (bicyclic) bond motifs is 1. The minimum Gasteiger partial charge on any atom is -0.486 e. The third kappa shape index (κ3) is 3.09. The summed E-state index contributed by atoms with van der Waals surface area (Å²) >= 11 is 0. The Balaban J connectivity index is 1.61. The number of nitrogens with zero attached hydrogens (tertiary/aromatic N) is 1. The van der Waals surface area contributed by atoms with Crippen LogP contribution in [0.2, 0.25) is 0 Å². The molecule has 1 aromatic carbocycles. The van der Waals surface area contributed by atoms with Crippen molar-refractivity contribution in [3.63, 3.8) is 0 Å². The second-order valence-electron chi connectivity index (χ2n) is 6.52. The smallest absolute Gasteiger partial charge is 0.256 e. The first-order valence-corrected chi connectivity index (χ1v) is 8.79. The number of likely N-dealkylation sites (N-methyl/N-ethyl adjacent to an activating group) is 1. The zero-order valence-corrected chi connectivity index (χ0v) is 14.4. The average Bonchev–Trinajstić information content (AvgIpc) is 3.17. The van der Waals surface area contributed by atoms with Gasteiger partial charge in [0, 0.05) is 37.1 Å². The molecule has 2 N–H and O–H groups in total. The highest BCUT2D eigenvalue weighted by molar-refractivity contribution is 6.01. The van der Waals surface area contributed by atoms with Crippen LogP contribution in [0, 0.1) is 0 Å². The van der Waals surface area contributed by atoms with Crippen LogP contribution in [0.3, 0.4) is 0 Å². The van der Waals surface area contributed by atoms with E-state index in [-0.39, 0.29) is 5.91 Å². The maximum Gasteiger partial charge on any atom is 0.256 e. The number of piperidine rings is 1. The molecule has 1 amide bonds. The van der Waals surface area contributed by atoms with Crippen molar-refractivity contribution < 1.29 is 14.3 Å². The van der Waals surface area contributed by atoms with Crippen molar-refractivity contribution in [3.05, 3.63) is 36.2 Å². The molecule has 1 fully saturated rings. The Labute approximate surface area is 147 Å². The zero-order chi connectivity index (χ0) is 17.2. The minimum absolute atomic E-state index is 0.0751. The van der Waals surface area contributed by atoms with Crippen LogP contribution in [-0.4, -0.2) is 55.2 Å². The predicted octanol–water partition coefficient (Wildman–Crippen LogP) is 2.28. The Kier molecular flexibility index (Phi) is 4.36. The van der Waals surface area contributed by atoms with Crippen LogP contribution in [0.25, 0.3) is 11.1 Å². The fraction of sp³-hybridized carbons (Fsp3) is 0.421. The highest BCUT2D eigenvalue weighted by atomic mass is 16.6. The molecule has 132 valence electrons. The lowest BCUT2D eigenvalue weighted by Crippen LogP contribution is -2.47. The van der Waals surface area contributed by atoms with Gasteiger partial charge in [-0.1, -0.05) is 6.07 Å². The van der Waals surface area contributed by atoms with Crippen molar-refractivity contribution in [2.75, 3.05) is 33.4 Å². The molecule has 25 heavy (non-hydrogen) atoms. The summed E-state index contributed by atoms with van der Waals surface area (Å²) in [5.74, 6) is 1.56. The first-order valence-electron chi connectivity index (χ1n) is 8.79. The molecule has 2 aromatic rings. The minimum atomic E-state index is 0.0751. The molecule has 0 aliphatic carbocycles. The zero-order valence-electron chi connectivity index (χ0n) is 14.4. The number of aromatic nitrogens is 1. The first kappa shape index (κ1) is 16.0. The molecule has 6 heteroatoms. The van der Waals surface area contributed by atoms with Gasteiger partial charge in [0.2, 0.25) is 0 Å². The van der Waals surface area contributed by atoms with Gasteiger partial charge in [-0.05, 0) is 37.6 Å². The van der Waals surface area contributed by atoms with Gasteiger partial charge in [-0.15, -0.1) is 0 Å². The van der Waals surface area contributed by atoms with Gasteiger partial charge >= 0.3 is 0 Å². The van der Waals surface area contributed by atoms with Crippen molar-refractivity contribution in [2.24, 2.45) is 0 Å². The van der Waals surface area contributed by atoms with Gasteiger partial charge in [0.05, 0.1) is 5.56 Å². The number of rotatable bonds is 3. The summed E-state index contributed by atoms with van der Waals surface area (Å²) in [6.07, 6.45) is 5.80. The maximum absolute atomic E-state index is 13.0. The fourth-order valence-electron chi connectivity index (χ4n) is 3.56. The number of aromatic amines is 1.